The molecule has 0 fully saturated rings. The van der Waals surface area contributed by atoms with Gasteiger partial charge in [0.15, 0.2) is 11.6 Å². The highest BCUT2D eigenvalue weighted by molar-refractivity contribution is 14.1. The van der Waals surface area contributed by atoms with Crippen LogP contribution >= 0.6 is 45.2 Å². The lowest BCUT2D eigenvalue weighted by atomic mass is 10.1. The molecule has 0 radical (unpaired) electrons. The largest absolute Gasteiger partial charge is 0.293 e. The number of non-ortho nitro benzene ring substituents is 2. The monoisotopic (exact) mass is 715 g/mol. The van der Waals surface area contributed by atoms with Crippen molar-refractivity contribution in [1.82, 2.24) is 15.4 Å². The van der Waals surface area contributed by atoms with Gasteiger partial charge in [-0.25, -0.2) is 5.01 Å². The van der Waals surface area contributed by atoms with Gasteiger partial charge in [0.25, 0.3) is 17.3 Å². The Labute approximate surface area is 230 Å². The van der Waals surface area contributed by atoms with Gasteiger partial charge >= 0.3 is 0 Å². The first-order valence-corrected chi connectivity index (χ1v) is 12.1. The van der Waals surface area contributed by atoms with Gasteiger partial charge in [-0.05, 0) is 69.4 Å². The van der Waals surface area contributed by atoms with Crippen LogP contribution in [-0.4, -0.2) is 50.4 Å². The van der Waals surface area contributed by atoms with Crippen molar-refractivity contribution >= 4 is 74.0 Å². The van der Waals surface area contributed by atoms with Crippen LogP contribution < -0.4 is 5.43 Å². The Kier molecular flexibility index (Phi) is 9.10. The first-order valence-electron chi connectivity index (χ1n) is 9.97. The summed E-state index contributed by atoms with van der Waals surface area (Å²) >= 11 is 3.72. The number of hydrazine groups is 1. The van der Waals surface area contributed by atoms with Crippen LogP contribution in [0, 0.1) is 27.4 Å². The maximum absolute atomic E-state index is 13.1. The third kappa shape index (κ3) is 6.85. The number of benzene rings is 2. The Hall–Kier alpha value is -3.38. The van der Waals surface area contributed by atoms with Crippen molar-refractivity contribution in [2.75, 3.05) is 13.1 Å². The molecule has 0 aliphatic carbocycles. The fourth-order valence-corrected chi connectivity index (χ4v) is 4.32. The number of rotatable bonds is 10. The normalized spacial score (nSPS) is 10.6. The summed E-state index contributed by atoms with van der Waals surface area (Å²) in [4.78, 5) is 63.7. The molecule has 12 nitrogen and oxygen atoms in total. The molecule has 1 amide bonds. The van der Waals surface area contributed by atoms with Crippen LogP contribution in [0.5, 0.6) is 0 Å². The molecular formula is C22H15I2N5O7. The smallest absolute Gasteiger partial charge is 0.270 e. The van der Waals surface area contributed by atoms with E-state index in [9.17, 15) is 34.6 Å². The maximum atomic E-state index is 13.1. The molecule has 0 saturated carbocycles. The van der Waals surface area contributed by atoms with E-state index in [2.05, 4.69) is 10.4 Å². The number of amides is 1. The molecule has 0 saturated heterocycles. The van der Waals surface area contributed by atoms with Crippen molar-refractivity contribution in [2.24, 2.45) is 0 Å². The minimum atomic E-state index is -0.635. The number of Topliss-reactive ketones (excluding diaryl/α,β-unsaturated/α-hetero) is 2. The number of pyridine rings is 1. The summed E-state index contributed by atoms with van der Waals surface area (Å²) in [5, 5.41) is 23.4. The Morgan fingerprint density at radius 1 is 0.806 bits per heavy atom. The molecular weight excluding hydrogens is 700 g/mol. The second-order valence-electron chi connectivity index (χ2n) is 7.22. The summed E-state index contributed by atoms with van der Waals surface area (Å²) in [6.07, 6.45) is 2.79. The van der Waals surface area contributed by atoms with Gasteiger partial charge in [-0.15, -0.1) is 0 Å². The summed E-state index contributed by atoms with van der Waals surface area (Å²) in [7, 11) is 0. The number of carbonyl (C=O) groups excluding carboxylic acids is 3. The summed E-state index contributed by atoms with van der Waals surface area (Å²) < 4.78 is 0.895. The van der Waals surface area contributed by atoms with E-state index in [0.29, 0.717) is 7.14 Å². The SMILES string of the molecule is O=C(NN(CC(=O)c1cc([N+](=O)[O-])ccc1I)CC(=O)c1cc([N+](=O)[O-])ccc1I)c1ccncc1. The maximum Gasteiger partial charge on any atom is 0.270 e. The lowest BCUT2D eigenvalue weighted by Gasteiger charge is -2.22. The molecule has 0 unspecified atom stereocenters. The van der Waals surface area contributed by atoms with Crippen LogP contribution in [0.25, 0.3) is 0 Å². The van der Waals surface area contributed by atoms with Gasteiger partial charge in [-0.3, -0.25) is 45.0 Å². The molecule has 36 heavy (non-hydrogen) atoms. The second-order valence-corrected chi connectivity index (χ2v) is 9.55. The van der Waals surface area contributed by atoms with Gasteiger partial charge in [0.1, 0.15) is 0 Å². The van der Waals surface area contributed by atoms with Gasteiger partial charge in [0.05, 0.1) is 22.9 Å². The number of ketones is 2. The molecule has 184 valence electrons. The minimum Gasteiger partial charge on any atom is -0.293 e. The van der Waals surface area contributed by atoms with Gasteiger partial charge in [-0.1, -0.05) is 0 Å². The molecule has 0 spiro atoms. The van der Waals surface area contributed by atoms with Crippen LogP contribution in [0.2, 0.25) is 0 Å². The molecule has 1 N–H and O–H groups in total. The van der Waals surface area contributed by atoms with E-state index in [1.807, 2.05) is 45.2 Å². The highest BCUT2D eigenvalue weighted by Crippen LogP contribution is 2.22. The summed E-state index contributed by atoms with van der Waals surface area (Å²) in [6.45, 7) is -0.990. The van der Waals surface area contributed by atoms with Crippen molar-refractivity contribution < 1.29 is 24.2 Å². The standard InChI is InChI=1S/C22H15I2N5O7/c23-18-3-1-14(28(33)34)9-16(18)20(30)11-27(26-22(32)13-5-7-25-8-6-13)12-21(31)17-10-15(29(35)36)2-4-19(17)24/h1-10H,11-12H2,(H,26,32). The van der Waals surface area contributed by atoms with E-state index < -0.39 is 40.4 Å². The number of halogens is 2. The Morgan fingerprint density at radius 3 is 1.67 bits per heavy atom. The Balaban J connectivity index is 1.90. The first-order chi connectivity index (χ1) is 17.1. The predicted molar refractivity (Wildman–Crippen MR) is 144 cm³/mol. The fraction of sp³-hybridized carbons (Fsp3) is 0.0909. The first kappa shape index (κ1) is 27.2. The van der Waals surface area contributed by atoms with Crippen molar-refractivity contribution in [3.63, 3.8) is 0 Å². The van der Waals surface area contributed by atoms with Crippen LogP contribution in [0.15, 0.2) is 60.9 Å². The summed E-state index contributed by atoms with van der Waals surface area (Å²) in [5.74, 6) is -1.79. The Morgan fingerprint density at radius 2 is 1.25 bits per heavy atom. The number of nitrogens with one attached hydrogen (secondary N) is 1. The molecule has 2 aromatic carbocycles. The minimum absolute atomic E-state index is 0.0466. The zero-order chi connectivity index (χ0) is 26.4. The van der Waals surface area contributed by atoms with E-state index in [1.54, 1.807) is 0 Å². The van der Waals surface area contributed by atoms with Gasteiger partial charge in [0, 0.05) is 60.5 Å². The van der Waals surface area contributed by atoms with E-state index >= 15 is 0 Å². The predicted octanol–water partition coefficient (Wildman–Crippen LogP) is 3.82. The number of hydrogen-bond donors (Lipinski definition) is 1. The van der Waals surface area contributed by atoms with Crippen LogP contribution in [0.4, 0.5) is 11.4 Å². The quantitative estimate of drug-likeness (QED) is 0.142. The second kappa shape index (κ2) is 12.0. The van der Waals surface area contributed by atoms with Gasteiger partial charge in [0.2, 0.25) is 0 Å². The van der Waals surface area contributed by atoms with Crippen molar-refractivity contribution in [3.05, 3.63) is 105 Å². The zero-order valence-electron chi connectivity index (χ0n) is 18.1. The van der Waals surface area contributed by atoms with E-state index in [0.717, 1.165) is 17.1 Å². The van der Waals surface area contributed by atoms with E-state index in [-0.39, 0.29) is 28.1 Å². The molecule has 0 aliphatic heterocycles. The molecule has 3 rings (SSSR count). The number of nitrogens with zero attached hydrogens (tertiary/aromatic N) is 4. The average molecular weight is 715 g/mol. The third-order valence-electron chi connectivity index (χ3n) is 4.79. The molecule has 3 aromatic rings. The number of nitro groups is 2. The van der Waals surface area contributed by atoms with Gasteiger partial charge < -0.3 is 0 Å². The summed E-state index contributed by atoms with van der Waals surface area (Å²) in [5.41, 5.74) is 2.24. The fourth-order valence-electron chi connectivity index (χ4n) is 3.04. The average Bonchev–Trinajstić information content (AvgIpc) is 2.84. The Bertz CT molecular complexity index is 1290. The number of carbonyl (C=O) groups is 3. The van der Waals surface area contributed by atoms with E-state index in [1.165, 1.54) is 48.8 Å². The highest BCUT2D eigenvalue weighted by Gasteiger charge is 2.24. The zero-order valence-corrected chi connectivity index (χ0v) is 22.4. The number of nitro benzene ring substituents is 2. The lowest BCUT2D eigenvalue weighted by Crippen LogP contribution is -2.47. The topological polar surface area (TPSA) is 166 Å². The molecule has 0 aliphatic rings. The van der Waals surface area contributed by atoms with Crippen LogP contribution in [0.3, 0.4) is 0 Å². The van der Waals surface area contributed by atoms with E-state index in [4.69, 9.17) is 0 Å². The molecule has 0 bridgehead atoms. The molecule has 1 aromatic heterocycles. The van der Waals surface area contributed by atoms with Crippen LogP contribution in [0.1, 0.15) is 31.1 Å². The van der Waals surface area contributed by atoms with Crippen molar-refractivity contribution in [2.45, 2.75) is 0 Å². The summed E-state index contributed by atoms with van der Waals surface area (Å²) in [6, 6.07) is 10.5. The lowest BCUT2D eigenvalue weighted by molar-refractivity contribution is -0.385. The number of hydrogen-bond acceptors (Lipinski definition) is 9. The highest BCUT2D eigenvalue weighted by atomic mass is 127. The third-order valence-corrected chi connectivity index (χ3v) is 6.67. The van der Waals surface area contributed by atoms with Crippen molar-refractivity contribution in [1.29, 1.82) is 0 Å². The van der Waals surface area contributed by atoms with Gasteiger partial charge in [-0.2, -0.15) is 0 Å². The molecule has 1 heterocycles. The number of aromatic nitrogens is 1. The molecule has 0 atom stereocenters. The van der Waals surface area contributed by atoms with Crippen molar-refractivity contribution in [3.8, 4) is 0 Å². The molecule has 14 heteroatoms. The van der Waals surface area contributed by atoms with Crippen LogP contribution in [-0.2, 0) is 0 Å².